The Labute approximate surface area is 129 Å². The van der Waals surface area contributed by atoms with Crippen LogP contribution >= 0.6 is 0 Å². The number of carbonyl (C=O) groups excluding carboxylic acids is 1. The predicted octanol–water partition coefficient (Wildman–Crippen LogP) is 3.64. The van der Waals surface area contributed by atoms with Crippen LogP contribution in [0.2, 0.25) is 0 Å². The van der Waals surface area contributed by atoms with Crippen molar-refractivity contribution in [3.63, 3.8) is 0 Å². The third-order valence-electron chi connectivity index (χ3n) is 4.43. The lowest BCUT2D eigenvalue weighted by molar-refractivity contribution is -0.138. The van der Waals surface area contributed by atoms with Crippen LogP contribution in [-0.4, -0.2) is 29.0 Å². The fourth-order valence-corrected chi connectivity index (χ4v) is 2.56. The zero-order valence-corrected chi connectivity index (χ0v) is 13.9. The van der Waals surface area contributed by atoms with Gasteiger partial charge < -0.3 is 10.0 Å². The average molecular weight is 291 g/mol. The lowest BCUT2D eigenvalue weighted by Crippen LogP contribution is -2.42. The molecule has 21 heavy (non-hydrogen) atoms. The van der Waals surface area contributed by atoms with Crippen molar-refractivity contribution in [2.24, 2.45) is 11.8 Å². The Morgan fingerprint density at radius 1 is 1.19 bits per heavy atom. The van der Waals surface area contributed by atoms with Gasteiger partial charge in [0.2, 0.25) is 5.91 Å². The standard InChI is InChI=1S/C18H29NO2/c1-6-13(2)12-14(3)18(21)19(5)15(4)17(20)16-10-8-7-9-11-16/h7-11,13-15,17,20H,6,12H2,1-5H3/t13-,14-,15+,17-/m1/s1. The lowest BCUT2D eigenvalue weighted by Gasteiger charge is -2.31. The van der Waals surface area contributed by atoms with Crippen molar-refractivity contribution in [1.29, 1.82) is 0 Å². The SMILES string of the molecule is CC[C@@H](C)C[C@@H](C)C(=O)N(C)[C@@H](C)[C@@H](O)c1ccccc1. The van der Waals surface area contributed by atoms with Crippen LogP contribution in [0.1, 0.15) is 52.2 Å². The smallest absolute Gasteiger partial charge is 0.225 e. The molecule has 0 unspecified atom stereocenters. The summed E-state index contributed by atoms with van der Waals surface area (Å²) < 4.78 is 0. The summed E-state index contributed by atoms with van der Waals surface area (Å²) in [5.41, 5.74) is 0.847. The van der Waals surface area contributed by atoms with Gasteiger partial charge in [0.15, 0.2) is 0 Å². The van der Waals surface area contributed by atoms with Crippen LogP contribution in [0.15, 0.2) is 30.3 Å². The van der Waals surface area contributed by atoms with Gasteiger partial charge in [-0.25, -0.2) is 0 Å². The molecule has 1 amide bonds. The molecule has 0 aliphatic heterocycles. The fraction of sp³-hybridized carbons (Fsp3) is 0.611. The lowest BCUT2D eigenvalue weighted by atomic mass is 9.93. The summed E-state index contributed by atoms with van der Waals surface area (Å²) >= 11 is 0. The highest BCUT2D eigenvalue weighted by atomic mass is 16.3. The maximum atomic E-state index is 12.5. The highest BCUT2D eigenvalue weighted by Gasteiger charge is 2.27. The van der Waals surface area contributed by atoms with E-state index in [1.807, 2.05) is 44.2 Å². The molecular weight excluding hydrogens is 262 g/mol. The van der Waals surface area contributed by atoms with Crippen LogP contribution < -0.4 is 0 Å². The van der Waals surface area contributed by atoms with Gasteiger partial charge in [0.1, 0.15) is 0 Å². The fourth-order valence-electron chi connectivity index (χ4n) is 2.56. The van der Waals surface area contributed by atoms with Gasteiger partial charge >= 0.3 is 0 Å². The highest BCUT2D eigenvalue weighted by Crippen LogP contribution is 2.23. The van der Waals surface area contributed by atoms with Gasteiger partial charge in [-0.15, -0.1) is 0 Å². The first-order valence-corrected chi connectivity index (χ1v) is 7.88. The van der Waals surface area contributed by atoms with Crippen LogP contribution in [0.4, 0.5) is 0 Å². The van der Waals surface area contributed by atoms with Gasteiger partial charge in [-0.2, -0.15) is 0 Å². The number of amides is 1. The van der Waals surface area contributed by atoms with Crippen molar-refractivity contribution in [3.8, 4) is 0 Å². The van der Waals surface area contributed by atoms with E-state index in [0.29, 0.717) is 5.92 Å². The molecule has 0 aliphatic rings. The molecule has 0 fully saturated rings. The summed E-state index contributed by atoms with van der Waals surface area (Å²) in [7, 11) is 1.78. The summed E-state index contributed by atoms with van der Waals surface area (Å²) in [4.78, 5) is 14.2. The molecule has 3 nitrogen and oxygen atoms in total. The zero-order chi connectivity index (χ0) is 16.0. The molecule has 0 aliphatic carbocycles. The average Bonchev–Trinajstić information content (AvgIpc) is 2.52. The monoisotopic (exact) mass is 291 g/mol. The van der Waals surface area contributed by atoms with Gasteiger partial charge in [-0.1, -0.05) is 57.5 Å². The first-order valence-electron chi connectivity index (χ1n) is 7.88. The maximum Gasteiger partial charge on any atom is 0.225 e. The molecule has 0 saturated carbocycles. The predicted molar refractivity (Wildman–Crippen MR) is 86.9 cm³/mol. The van der Waals surface area contributed by atoms with Crippen LogP contribution in [0, 0.1) is 11.8 Å². The quantitative estimate of drug-likeness (QED) is 0.833. The van der Waals surface area contributed by atoms with Crippen molar-refractivity contribution in [2.75, 3.05) is 7.05 Å². The van der Waals surface area contributed by atoms with E-state index in [1.54, 1.807) is 11.9 Å². The minimum atomic E-state index is -0.657. The largest absolute Gasteiger partial charge is 0.386 e. The minimum Gasteiger partial charge on any atom is -0.386 e. The second-order valence-corrected chi connectivity index (χ2v) is 6.20. The second kappa shape index (κ2) is 8.18. The molecule has 3 heteroatoms. The van der Waals surface area contributed by atoms with Gasteiger partial charge in [-0.3, -0.25) is 4.79 Å². The molecule has 1 aromatic rings. The molecule has 0 aromatic heterocycles. The Morgan fingerprint density at radius 2 is 1.76 bits per heavy atom. The number of likely N-dealkylation sites (N-methyl/N-ethyl adjacent to an activating group) is 1. The van der Waals surface area contributed by atoms with Crippen LogP contribution in [0.5, 0.6) is 0 Å². The number of hydrogen-bond donors (Lipinski definition) is 1. The Morgan fingerprint density at radius 3 is 2.29 bits per heavy atom. The van der Waals surface area contributed by atoms with Gasteiger partial charge in [0, 0.05) is 13.0 Å². The molecule has 118 valence electrons. The molecule has 1 aromatic carbocycles. The molecule has 0 heterocycles. The third kappa shape index (κ3) is 4.85. The molecule has 1 rings (SSSR count). The molecule has 4 atom stereocenters. The summed E-state index contributed by atoms with van der Waals surface area (Å²) in [6.07, 6.45) is 1.33. The molecule has 0 spiro atoms. The number of aliphatic hydroxyl groups excluding tert-OH is 1. The van der Waals surface area contributed by atoms with E-state index in [1.165, 1.54) is 0 Å². The van der Waals surface area contributed by atoms with E-state index in [0.717, 1.165) is 18.4 Å². The van der Waals surface area contributed by atoms with E-state index in [9.17, 15) is 9.90 Å². The van der Waals surface area contributed by atoms with Crippen molar-refractivity contribution < 1.29 is 9.90 Å². The number of nitrogens with zero attached hydrogens (tertiary/aromatic N) is 1. The number of aliphatic hydroxyl groups is 1. The van der Waals surface area contributed by atoms with Crippen LogP contribution in [-0.2, 0) is 4.79 Å². The van der Waals surface area contributed by atoms with Crippen molar-refractivity contribution >= 4 is 5.91 Å². The van der Waals surface area contributed by atoms with Gasteiger partial charge in [-0.05, 0) is 24.8 Å². The topological polar surface area (TPSA) is 40.5 Å². The second-order valence-electron chi connectivity index (χ2n) is 6.20. The van der Waals surface area contributed by atoms with E-state index in [-0.39, 0.29) is 17.9 Å². The summed E-state index contributed by atoms with van der Waals surface area (Å²) in [5, 5.41) is 10.4. The normalized spacial score (nSPS) is 16.9. The summed E-state index contributed by atoms with van der Waals surface area (Å²) in [6.45, 7) is 8.19. The zero-order valence-electron chi connectivity index (χ0n) is 13.9. The summed E-state index contributed by atoms with van der Waals surface area (Å²) in [6, 6.07) is 9.27. The van der Waals surface area contributed by atoms with E-state index in [2.05, 4.69) is 13.8 Å². The van der Waals surface area contributed by atoms with Crippen LogP contribution in [0.3, 0.4) is 0 Å². The Kier molecular flexibility index (Phi) is 6.90. The number of benzene rings is 1. The van der Waals surface area contributed by atoms with Gasteiger partial charge in [0.25, 0.3) is 0 Å². The first-order chi connectivity index (χ1) is 9.88. The Balaban J connectivity index is 2.68. The highest BCUT2D eigenvalue weighted by molar-refractivity contribution is 5.78. The van der Waals surface area contributed by atoms with Crippen LogP contribution in [0.25, 0.3) is 0 Å². The number of hydrogen-bond acceptors (Lipinski definition) is 2. The molecule has 0 saturated heterocycles. The third-order valence-corrected chi connectivity index (χ3v) is 4.43. The summed E-state index contributed by atoms with van der Waals surface area (Å²) in [5.74, 6) is 0.653. The maximum absolute atomic E-state index is 12.5. The van der Waals surface area contributed by atoms with E-state index >= 15 is 0 Å². The molecule has 0 radical (unpaired) electrons. The van der Waals surface area contributed by atoms with Crippen molar-refractivity contribution in [2.45, 2.75) is 52.7 Å². The molecule has 1 N–H and O–H groups in total. The Bertz CT molecular complexity index is 432. The minimum absolute atomic E-state index is 0.00428. The number of carbonyl (C=O) groups is 1. The first kappa shape index (κ1) is 17.7. The van der Waals surface area contributed by atoms with Crippen molar-refractivity contribution in [3.05, 3.63) is 35.9 Å². The van der Waals surface area contributed by atoms with Crippen molar-refractivity contribution in [1.82, 2.24) is 4.90 Å². The van der Waals surface area contributed by atoms with E-state index in [4.69, 9.17) is 0 Å². The molecule has 0 bridgehead atoms. The van der Waals surface area contributed by atoms with E-state index < -0.39 is 6.10 Å². The number of rotatable bonds is 7. The molecular formula is C18H29NO2. The van der Waals surface area contributed by atoms with Gasteiger partial charge in [0.05, 0.1) is 12.1 Å². The Hall–Kier alpha value is -1.35.